The molecule has 2 atom stereocenters. The molecule has 15 heavy (non-hydrogen) atoms. The summed E-state index contributed by atoms with van der Waals surface area (Å²) in [7, 11) is -2.93. The third-order valence-corrected chi connectivity index (χ3v) is 4.23. The van der Waals surface area contributed by atoms with Gasteiger partial charge in [-0.05, 0) is 19.3 Å². The summed E-state index contributed by atoms with van der Waals surface area (Å²) in [6, 6.07) is 0.397. The van der Waals surface area contributed by atoms with Crippen LogP contribution in [0.1, 0.15) is 19.3 Å². The van der Waals surface area contributed by atoms with Gasteiger partial charge in [0.25, 0.3) is 0 Å². The Hall–Kier alpha value is -0.390. The predicted molar refractivity (Wildman–Crippen MR) is 58.3 cm³/mol. The first-order valence-corrected chi connectivity index (χ1v) is 7.12. The Morgan fingerprint density at radius 3 is 2.87 bits per heavy atom. The van der Waals surface area contributed by atoms with Crippen molar-refractivity contribution in [3.05, 3.63) is 11.5 Å². The van der Waals surface area contributed by atoms with Crippen molar-refractivity contribution in [2.75, 3.05) is 19.0 Å². The van der Waals surface area contributed by atoms with Crippen LogP contribution in [0.2, 0.25) is 0 Å². The molecule has 0 saturated carbocycles. The molecule has 4 nitrogen and oxygen atoms in total. The van der Waals surface area contributed by atoms with E-state index >= 15 is 0 Å². The van der Waals surface area contributed by atoms with Gasteiger partial charge < -0.3 is 10.1 Å². The zero-order valence-electron chi connectivity index (χ0n) is 8.69. The summed E-state index contributed by atoms with van der Waals surface area (Å²) in [5.74, 6) is 0.213. The van der Waals surface area contributed by atoms with E-state index in [1.807, 2.05) is 0 Å². The minimum atomic E-state index is -2.93. The smallest absolute Gasteiger partial charge is 0.173 e. The van der Waals surface area contributed by atoms with Crippen molar-refractivity contribution in [2.45, 2.75) is 31.3 Å². The zero-order chi connectivity index (χ0) is 10.7. The zero-order valence-corrected chi connectivity index (χ0v) is 9.50. The van der Waals surface area contributed by atoms with Crippen LogP contribution in [0.15, 0.2) is 11.5 Å². The van der Waals surface area contributed by atoms with E-state index in [0.29, 0.717) is 6.04 Å². The van der Waals surface area contributed by atoms with Gasteiger partial charge >= 0.3 is 0 Å². The van der Waals surface area contributed by atoms with Gasteiger partial charge in [-0.25, -0.2) is 8.42 Å². The Morgan fingerprint density at radius 2 is 2.13 bits per heavy atom. The maximum absolute atomic E-state index is 11.2. The van der Waals surface area contributed by atoms with E-state index in [1.54, 1.807) is 6.08 Å². The molecule has 2 unspecified atom stereocenters. The van der Waals surface area contributed by atoms with E-state index in [9.17, 15) is 8.42 Å². The summed E-state index contributed by atoms with van der Waals surface area (Å²) in [6.07, 6.45) is 4.86. The summed E-state index contributed by atoms with van der Waals surface area (Å²) < 4.78 is 27.8. The molecule has 0 aromatic heterocycles. The van der Waals surface area contributed by atoms with Gasteiger partial charge in [-0.15, -0.1) is 0 Å². The van der Waals surface area contributed by atoms with Crippen LogP contribution in [0, 0.1) is 0 Å². The van der Waals surface area contributed by atoms with Gasteiger partial charge in [-0.1, -0.05) is 6.08 Å². The van der Waals surface area contributed by atoms with E-state index in [4.69, 9.17) is 4.74 Å². The normalized spacial score (nSPS) is 35.2. The van der Waals surface area contributed by atoms with Gasteiger partial charge in [0.05, 0.1) is 5.75 Å². The number of rotatable bonds is 2. The minimum absolute atomic E-state index is 0.00176. The summed E-state index contributed by atoms with van der Waals surface area (Å²) >= 11 is 0. The number of sulfone groups is 1. The maximum Gasteiger partial charge on any atom is 0.173 e. The van der Waals surface area contributed by atoms with Crippen LogP contribution in [0.4, 0.5) is 0 Å². The third kappa shape index (κ3) is 3.29. The Balaban J connectivity index is 1.84. The molecule has 1 fully saturated rings. The second-order valence-electron chi connectivity index (χ2n) is 4.17. The lowest BCUT2D eigenvalue weighted by molar-refractivity contribution is 0.142. The van der Waals surface area contributed by atoms with Crippen LogP contribution < -0.4 is 5.32 Å². The minimum Gasteiger partial charge on any atom is -0.381 e. The first-order chi connectivity index (χ1) is 7.16. The molecule has 5 heteroatoms. The van der Waals surface area contributed by atoms with Gasteiger partial charge in [-0.2, -0.15) is 0 Å². The van der Waals surface area contributed by atoms with Gasteiger partial charge in [0.1, 0.15) is 0 Å². The Labute approximate surface area is 90.6 Å². The Morgan fingerprint density at radius 1 is 1.27 bits per heavy atom. The van der Waals surface area contributed by atoms with E-state index < -0.39 is 9.84 Å². The molecule has 0 aromatic carbocycles. The lowest BCUT2D eigenvalue weighted by Gasteiger charge is -2.19. The van der Waals surface area contributed by atoms with E-state index in [-0.39, 0.29) is 11.8 Å². The van der Waals surface area contributed by atoms with Crippen molar-refractivity contribution in [3.8, 4) is 0 Å². The molecule has 0 amide bonds. The Bertz CT molecular complexity index is 329. The second-order valence-corrected chi connectivity index (χ2v) is 6.10. The van der Waals surface area contributed by atoms with Crippen molar-refractivity contribution >= 4 is 9.84 Å². The first kappa shape index (κ1) is 11.1. The van der Waals surface area contributed by atoms with E-state index in [0.717, 1.165) is 32.5 Å². The van der Waals surface area contributed by atoms with E-state index in [2.05, 4.69) is 5.32 Å². The summed E-state index contributed by atoms with van der Waals surface area (Å²) in [6.45, 7) is 1.61. The molecule has 0 spiro atoms. The molecule has 0 radical (unpaired) electrons. The molecule has 2 aliphatic rings. The van der Waals surface area contributed by atoms with Crippen LogP contribution in [0.25, 0.3) is 0 Å². The molecule has 2 heterocycles. The number of hydrogen-bond acceptors (Lipinski definition) is 4. The fourth-order valence-electron chi connectivity index (χ4n) is 2.05. The fourth-order valence-corrected chi connectivity index (χ4v) is 3.30. The lowest BCUT2D eigenvalue weighted by atomic mass is 10.1. The highest BCUT2D eigenvalue weighted by atomic mass is 32.2. The molecular weight excluding hydrogens is 214 g/mol. The van der Waals surface area contributed by atoms with Gasteiger partial charge in [0.2, 0.25) is 0 Å². The molecule has 0 aromatic rings. The molecule has 0 aliphatic carbocycles. The van der Waals surface area contributed by atoms with Gasteiger partial charge in [0, 0.05) is 30.7 Å². The summed E-state index contributed by atoms with van der Waals surface area (Å²) in [5, 5.41) is 4.68. The van der Waals surface area contributed by atoms with Crippen molar-refractivity contribution < 1.29 is 13.2 Å². The summed E-state index contributed by atoms with van der Waals surface area (Å²) in [5.41, 5.74) is 0. The molecule has 2 aliphatic heterocycles. The highest BCUT2D eigenvalue weighted by Crippen LogP contribution is 2.13. The van der Waals surface area contributed by atoms with Gasteiger partial charge in [-0.3, -0.25) is 0 Å². The second kappa shape index (κ2) is 4.63. The quantitative estimate of drug-likeness (QED) is 0.750. The molecule has 86 valence electrons. The number of ether oxygens (including phenoxy) is 1. The number of hydrogen-bond donors (Lipinski definition) is 1. The third-order valence-electron chi connectivity index (χ3n) is 2.83. The average Bonchev–Trinajstić information content (AvgIpc) is 2.41. The highest BCUT2D eigenvalue weighted by molar-refractivity contribution is 7.94. The van der Waals surface area contributed by atoms with E-state index in [1.165, 1.54) is 5.41 Å². The largest absolute Gasteiger partial charge is 0.381 e. The summed E-state index contributed by atoms with van der Waals surface area (Å²) in [4.78, 5) is 0. The topological polar surface area (TPSA) is 55.4 Å². The lowest BCUT2D eigenvalue weighted by Crippen LogP contribution is -2.39. The first-order valence-electron chi connectivity index (χ1n) is 5.40. The molecular formula is C10H17NO3S. The van der Waals surface area contributed by atoms with Crippen LogP contribution in [-0.4, -0.2) is 39.5 Å². The highest BCUT2D eigenvalue weighted by Gasteiger charge is 2.24. The van der Waals surface area contributed by atoms with Crippen molar-refractivity contribution in [2.24, 2.45) is 0 Å². The van der Waals surface area contributed by atoms with Gasteiger partial charge in [0.15, 0.2) is 9.84 Å². The molecule has 1 N–H and O–H groups in total. The van der Waals surface area contributed by atoms with Crippen LogP contribution >= 0.6 is 0 Å². The van der Waals surface area contributed by atoms with Crippen LogP contribution in [0.5, 0.6) is 0 Å². The SMILES string of the molecule is O=S1(=O)C=CC(NC2CCCOCC2)C1. The monoisotopic (exact) mass is 231 g/mol. The van der Waals surface area contributed by atoms with Crippen molar-refractivity contribution in [1.82, 2.24) is 5.32 Å². The number of nitrogens with one attached hydrogen (secondary N) is 1. The predicted octanol–water partition coefficient (Wildman–Crippen LogP) is 0.456. The average molecular weight is 231 g/mol. The fraction of sp³-hybridized carbons (Fsp3) is 0.800. The van der Waals surface area contributed by atoms with Crippen LogP contribution in [-0.2, 0) is 14.6 Å². The molecule has 2 rings (SSSR count). The maximum atomic E-state index is 11.2. The molecule has 0 bridgehead atoms. The molecule has 1 saturated heterocycles. The van der Waals surface area contributed by atoms with Crippen molar-refractivity contribution in [1.29, 1.82) is 0 Å². The standard InChI is InChI=1S/C10H17NO3S/c12-15(13)7-4-10(8-15)11-9-2-1-5-14-6-3-9/h4,7,9-11H,1-3,5-6,8H2. The van der Waals surface area contributed by atoms with Crippen LogP contribution in [0.3, 0.4) is 0 Å². The van der Waals surface area contributed by atoms with Crippen molar-refractivity contribution in [3.63, 3.8) is 0 Å². The Kier molecular flexibility index (Phi) is 3.43.